The SMILES string of the molecule is CNC1(CCN(C)C)C=C(OC)C(N)(c2nc(-c3c[nH]c4ccccc34)c3sccc3n2)C=C1[N+](=O)[O-]. The van der Waals surface area contributed by atoms with E-state index in [1.807, 2.05) is 60.9 Å². The van der Waals surface area contributed by atoms with Gasteiger partial charge in [0, 0.05) is 35.3 Å². The Bertz CT molecular complexity index is 1560. The molecule has 192 valence electrons. The summed E-state index contributed by atoms with van der Waals surface area (Å²) in [5, 5.41) is 18.5. The third kappa shape index (κ3) is 4.09. The summed E-state index contributed by atoms with van der Waals surface area (Å²) in [6, 6.07) is 9.87. The maximum absolute atomic E-state index is 12.4. The fourth-order valence-corrected chi connectivity index (χ4v) is 5.71. The second-order valence-corrected chi connectivity index (χ2v) is 10.3. The van der Waals surface area contributed by atoms with Crippen LogP contribution in [-0.2, 0) is 10.3 Å². The number of ether oxygens (including phenoxy) is 1. The molecule has 0 aliphatic heterocycles. The molecule has 0 saturated heterocycles. The van der Waals surface area contributed by atoms with Crippen molar-refractivity contribution < 1.29 is 9.66 Å². The largest absolute Gasteiger partial charge is 0.499 e. The molecule has 0 radical (unpaired) electrons. The molecule has 3 heterocycles. The predicted molar refractivity (Wildman–Crippen MR) is 146 cm³/mol. The van der Waals surface area contributed by atoms with Gasteiger partial charge in [-0.2, -0.15) is 0 Å². The molecule has 2 atom stereocenters. The topological polar surface area (TPSA) is 135 Å². The van der Waals surface area contributed by atoms with Gasteiger partial charge in [0.1, 0.15) is 11.3 Å². The highest BCUT2D eigenvalue weighted by molar-refractivity contribution is 7.17. The lowest BCUT2D eigenvalue weighted by molar-refractivity contribution is -0.435. The summed E-state index contributed by atoms with van der Waals surface area (Å²) in [4.78, 5) is 27.0. The number of para-hydroxylation sites is 1. The van der Waals surface area contributed by atoms with E-state index in [-0.39, 0.29) is 16.4 Å². The van der Waals surface area contributed by atoms with Crippen LogP contribution in [0.5, 0.6) is 0 Å². The first kappa shape index (κ1) is 25.0. The Morgan fingerprint density at radius 1 is 1.24 bits per heavy atom. The summed E-state index contributed by atoms with van der Waals surface area (Å²) >= 11 is 1.54. The molecule has 0 spiro atoms. The average molecular weight is 520 g/mol. The highest BCUT2D eigenvalue weighted by atomic mass is 32.1. The number of fused-ring (bicyclic) bond motifs is 2. The van der Waals surface area contributed by atoms with Crippen molar-refractivity contribution in [2.75, 3.05) is 34.8 Å². The lowest BCUT2D eigenvalue weighted by Crippen LogP contribution is -2.54. The Morgan fingerprint density at radius 2 is 2.03 bits per heavy atom. The lowest BCUT2D eigenvalue weighted by Gasteiger charge is -2.37. The number of nitro groups is 1. The Morgan fingerprint density at radius 3 is 2.73 bits per heavy atom. The molecule has 0 fully saturated rings. The number of likely N-dealkylation sites (N-methyl/N-ethyl adjacent to an activating group) is 1. The molecule has 1 aliphatic rings. The molecular weight excluding hydrogens is 490 g/mol. The summed E-state index contributed by atoms with van der Waals surface area (Å²) in [5.74, 6) is 0.564. The van der Waals surface area contributed by atoms with Crippen LogP contribution in [-0.4, -0.2) is 65.1 Å². The summed E-state index contributed by atoms with van der Waals surface area (Å²) in [5.41, 5.74) is 7.57. The molecule has 4 N–H and O–H groups in total. The van der Waals surface area contributed by atoms with Crippen LogP contribution in [0.15, 0.2) is 65.5 Å². The number of H-pyrrole nitrogens is 1. The number of aromatic amines is 1. The van der Waals surface area contributed by atoms with Crippen LogP contribution >= 0.6 is 11.3 Å². The second-order valence-electron chi connectivity index (χ2n) is 9.42. The Labute approximate surface area is 218 Å². The van der Waals surface area contributed by atoms with Crippen molar-refractivity contribution >= 4 is 32.5 Å². The normalized spacial score (nSPS) is 21.9. The van der Waals surface area contributed by atoms with Crippen LogP contribution in [0.2, 0.25) is 0 Å². The van der Waals surface area contributed by atoms with E-state index in [2.05, 4.69) is 10.3 Å². The number of aromatic nitrogens is 3. The first-order valence-electron chi connectivity index (χ1n) is 11.8. The first-order chi connectivity index (χ1) is 17.7. The highest BCUT2D eigenvalue weighted by Gasteiger charge is 2.51. The smallest absolute Gasteiger partial charge is 0.269 e. The molecule has 4 aromatic rings. The standard InChI is InChI=1S/C26H29N7O3S/c1-28-25(10-11-32(2)3)14-21(36-4)26(27,13-20(25)33(34)35)24-30-19-9-12-37-23(19)22(31-24)17-15-29-18-8-6-5-7-16(17)18/h5-9,12-15,28-29H,10-11,27H2,1-4H3. The van der Waals surface area contributed by atoms with E-state index in [4.69, 9.17) is 20.4 Å². The number of nitrogens with one attached hydrogen (secondary N) is 2. The zero-order valence-electron chi connectivity index (χ0n) is 21.1. The summed E-state index contributed by atoms with van der Waals surface area (Å²) in [6.45, 7) is 0.610. The van der Waals surface area contributed by atoms with Crippen molar-refractivity contribution in [1.29, 1.82) is 0 Å². The molecule has 2 unspecified atom stereocenters. The molecule has 1 aliphatic carbocycles. The van der Waals surface area contributed by atoms with Gasteiger partial charge in [0.05, 0.1) is 27.9 Å². The van der Waals surface area contributed by atoms with E-state index >= 15 is 0 Å². The second kappa shape index (κ2) is 9.34. The van der Waals surface area contributed by atoms with Crippen molar-refractivity contribution in [3.63, 3.8) is 0 Å². The lowest BCUT2D eigenvalue weighted by atomic mass is 9.78. The van der Waals surface area contributed by atoms with Crippen LogP contribution < -0.4 is 11.1 Å². The molecule has 1 aromatic carbocycles. The van der Waals surface area contributed by atoms with E-state index in [0.29, 0.717) is 29.9 Å². The molecule has 0 saturated carbocycles. The summed E-state index contributed by atoms with van der Waals surface area (Å²) in [6.07, 6.45) is 5.50. The number of nitrogens with two attached hydrogens (primary N) is 1. The van der Waals surface area contributed by atoms with Gasteiger partial charge in [0.25, 0.3) is 5.70 Å². The average Bonchev–Trinajstić information content (AvgIpc) is 3.54. The number of hydrogen-bond donors (Lipinski definition) is 3. The molecular formula is C26H29N7O3S. The Kier molecular flexibility index (Phi) is 6.32. The van der Waals surface area contributed by atoms with Crippen molar-refractivity contribution in [3.05, 3.63) is 81.5 Å². The van der Waals surface area contributed by atoms with E-state index in [0.717, 1.165) is 21.2 Å². The van der Waals surface area contributed by atoms with E-state index in [1.54, 1.807) is 13.1 Å². The molecule has 11 heteroatoms. The third-order valence-electron chi connectivity index (χ3n) is 6.94. The minimum atomic E-state index is -1.55. The van der Waals surface area contributed by atoms with Gasteiger partial charge in [-0.25, -0.2) is 9.97 Å². The fraction of sp³-hybridized carbons (Fsp3) is 0.308. The number of rotatable bonds is 8. The van der Waals surface area contributed by atoms with Gasteiger partial charge in [-0.15, -0.1) is 11.3 Å². The van der Waals surface area contributed by atoms with Crippen molar-refractivity contribution in [2.24, 2.45) is 5.73 Å². The number of thiophene rings is 1. The quantitative estimate of drug-likeness (QED) is 0.237. The molecule has 0 amide bonds. The van der Waals surface area contributed by atoms with Crippen LogP contribution in [0, 0.1) is 10.1 Å². The third-order valence-corrected chi connectivity index (χ3v) is 7.85. The maximum Gasteiger partial charge on any atom is 0.269 e. The fourth-order valence-electron chi connectivity index (χ4n) is 4.87. The van der Waals surface area contributed by atoms with E-state index in [1.165, 1.54) is 24.5 Å². The molecule has 37 heavy (non-hydrogen) atoms. The van der Waals surface area contributed by atoms with Gasteiger partial charge < -0.3 is 25.7 Å². The highest BCUT2D eigenvalue weighted by Crippen LogP contribution is 2.42. The van der Waals surface area contributed by atoms with Crippen LogP contribution in [0.4, 0.5) is 0 Å². The molecule has 3 aromatic heterocycles. The van der Waals surface area contributed by atoms with Gasteiger partial charge >= 0.3 is 0 Å². The van der Waals surface area contributed by atoms with Crippen LogP contribution in [0.1, 0.15) is 12.2 Å². The van der Waals surface area contributed by atoms with Gasteiger partial charge in [0.2, 0.25) is 0 Å². The van der Waals surface area contributed by atoms with Crippen molar-refractivity contribution in [1.82, 2.24) is 25.2 Å². The molecule has 10 nitrogen and oxygen atoms in total. The van der Waals surface area contributed by atoms with Crippen molar-refractivity contribution in [3.8, 4) is 11.3 Å². The van der Waals surface area contributed by atoms with Gasteiger partial charge in [-0.1, -0.05) is 18.2 Å². The number of hydrogen-bond acceptors (Lipinski definition) is 9. The number of methoxy groups -OCH3 is 1. The van der Waals surface area contributed by atoms with Crippen molar-refractivity contribution in [2.45, 2.75) is 17.5 Å². The number of benzene rings is 1. The van der Waals surface area contributed by atoms with Gasteiger partial charge in [-0.05, 0) is 51.2 Å². The maximum atomic E-state index is 12.4. The molecule has 5 rings (SSSR count). The summed E-state index contributed by atoms with van der Waals surface area (Å²) < 4.78 is 6.69. The Balaban J connectivity index is 1.73. The zero-order chi connectivity index (χ0) is 26.4. The Hall–Kier alpha value is -3.64. The monoisotopic (exact) mass is 519 g/mol. The number of nitrogens with zero attached hydrogens (tertiary/aromatic N) is 4. The molecule has 0 bridgehead atoms. The first-order valence-corrected chi connectivity index (χ1v) is 12.7. The van der Waals surface area contributed by atoms with E-state index < -0.39 is 11.1 Å². The van der Waals surface area contributed by atoms with Crippen LogP contribution in [0.25, 0.3) is 32.4 Å². The van der Waals surface area contributed by atoms with Gasteiger partial charge in [0.15, 0.2) is 11.4 Å². The van der Waals surface area contributed by atoms with Crippen LogP contribution in [0.3, 0.4) is 0 Å². The predicted octanol–water partition coefficient (Wildman–Crippen LogP) is 3.61. The minimum absolute atomic E-state index is 0.0668. The minimum Gasteiger partial charge on any atom is -0.499 e. The van der Waals surface area contributed by atoms with Gasteiger partial charge in [-0.3, -0.25) is 10.1 Å². The zero-order valence-corrected chi connectivity index (χ0v) is 21.9. The summed E-state index contributed by atoms with van der Waals surface area (Å²) in [7, 11) is 7.05. The van der Waals surface area contributed by atoms with E-state index in [9.17, 15) is 10.1 Å².